The van der Waals surface area contributed by atoms with E-state index in [2.05, 4.69) is 4.72 Å². The summed E-state index contributed by atoms with van der Waals surface area (Å²) in [5, 5.41) is 0.484. The van der Waals surface area contributed by atoms with Crippen LogP contribution in [0.15, 0.2) is 53.4 Å². The Morgan fingerprint density at radius 1 is 1.17 bits per heavy atom. The third-order valence-corrected chi connectivity index (χ3v) is 5.15. The lowest BCUT2D eigenvalue weighted by atomic mass is 10.1. The van der Waals surface area contributed by atoms with Crippen LogP contribution in [-0.4, -0.2) is 20.9 Å². The van der Waals surface area contributed by atoms with Crippen molar-refractivity contribution < 1.29 is 17.9 Å². The lowest BCUT2D eigenvalue weighted by Gasteiger charge is -2.15. The zero-order valence-electron chi connectivity index (χ0n) is 13.3. The number of halogens is 1. The summed E-state index contributed by atoms with van der Waals surface area (Å²) in [5.41, 5.74) is 1.61. The van der Waals surface area contributed by atoms with E-state index in [0.29, 0.717) is 10.6 Å². The molecule has 0 aliphatic rings. The van der Waals surface area contributed by atoms with Crippen LogP contribution in [0.3, 0.4) is 0 Å². The lowest BCUT2D eigenvalue weighted by Crippen LogP contribution is -2.31. The van der Waals surface area contributed by atoms with Crippen molar-refractivity contribution in [2.45, 2.75) is 24.8 Å². The first-order valence-electron chi connectivity index (χ1n) is 7.30. The molecule has 7 heteroatoms. The maximum Gasteiger partial charge on any atom is 0.321 e. The van der Waals surface area contributed by atoms with Gasteiger partial charge in [0.05, 0.1) is 4.90 Å². The van der Waals surface area contributed by atoms with Crippen LogP contribution in [-0.2, 0) is 19.6 Å². The molecule has 0 unspecified atom stereocenters. The fraction of sp³-hybridized carbons (Fsp3) is 0.235. The molecule has 24 heavy (non-hydrogen) atoms. The number of esters is 1. The quantitative estimate of drug-likeness (QED) is 0.795. The lowest BCUT2D eigenvalue weighted by molar-refractivity contribution is -0.147. The van der Waals surface area contributed by atoms with Crippen molar-refractivity contribution in [2.24, 2.45) is 0 Å². The minimum absolute atomic E-state index is 0.0973. The molecular formula is C17H18ClNO4S. The predicted molar refractivity (Wildman–Crippen MR) is 92.3 cm³/mol. The van der Waals surface area contributed by atoms with Crippen LogP contribution in [0, 0.1) is 6.92 Å². The van der Waals surface area contributed by atoms with E-state index in [4.69, 9.17) is 16.3 Å². The van der Waals surface area contributed by atoms with Crippen LogP contribution in [0.4, 0.5) is 0 Å². The Hall–Kier alpha value is -1.89. The molecule has 0 bridgehead atoms. The van der Waals surface area contributed by atoms with E-state index in [-0.39, 0.29) is 4.90 Å². The molecule has 5 nitrogen and oxygen atoms in total. The van der Waals surface area contributed by atoms with Gasteiger partial charge in [0, 0.05) is 10.6 Å². The first kappa shape index (κ1) is 18.4. The standard InChI is InChI=1S/C17H18ClNO4S/c1-12-7-9-14(10-8-12)24(21,22)19-11-17(20)23-13(2)15-5-3-4-6-16(15)18/h3-10,13,19H,11H2,1-2H3/t13-/m0/s1. The number of benzene rings is 2. The Balaban J connectivity index is 1.95. The van der Waals surface area contributed by atoms with Gasteiger partial charge in [-0.05, 0) is 32.0 Å². The second-order valence-corrected chi connectivity index (χ2v) is 7.47. The highest BCUT2D eigenvalue weighted by Gasteiger charge is 2.18. The molecule has 1 N–H and O–H groups in total. The Bertz CT molecular complexity index is 819. The molecule has 0 saturated heterocycles. The average Bonchev–Trinajstić information content (AvgIpc) is 2.54. The van der Waals surface area contributed by atoms with Gasteiger partial charge in [-0.15, -0.1) is 0 Å². The zero-order chi connectivity index (χ0) is 17.7. The van der Waals surface area contributed by atoms with E-state index in [1.165, 1.54) is 12.1 Å². The van der Waals surface area contributed by atoms with Gasteiger partial charge in [-0.1, -0.05) is 47.5 Å². The molecule has 2 aromatic carbocycles. The van der Waals surface area contributed by atoms with Gasteiger partial charge in [0.2, 0.25) is 10.0 Å². The van der Waals surface area contributed by atoms with Gasteiger partial charge < -0.3 is 4.74 Å². The van der Waals surface area contributed by atoms with Gasteiger partial charge in [0.1, 0.15) is 12.6 Å². The van der Waals surface area contributed by atoms with Crippen molar-refractivity contribution in [1.82, 2.24) is 4.72 Å². The number of nitrogens with one attached hydrogen (secondary N) is 1. The molecular weight excluding hydrogens is 350 g/mol. The summed E-state index contributed by atoms with van der Waals surface area (Å²) in [7, 11) is -3.76. The summed E-state index contributed by atoms with van der Waals surface area (Å²) in [4.78, 5) is 12.0. The highest BCUT2D eigenvalue weighted by molar-refractivity contribution is 7.89. The van der Waals surface area contributed by atoms with Crippen LogP contribution in [0.2, 0.25) is 5.02 Å². The van der Waals surface area contributed by atoms with E-state index in [1.54, 1.807) is 43.3 Å². The molecule has 0 aliphatic heterocycles. The minimum atomic E-state index is -3.76. The van der Waals surface area contributed by atoms with E-state index in [1.807, 2.05) is 6.92 Å². The Morgan fingerprint density at radius 2 is 1.79 bits per heavy atom. The summed E-state index contributed by atoms with van der Waals surface area (Å²) in [6.45, 7) is 3.08. The fourth-order valence-corrected chi connectivity index (χ4v) is 3.32. The van der Waals surface area contributed by atoms with Crippen molar-refractivity contribution in [1.29, 1.82) is 0 Å². The summed E-state index contributed by atoms with van der Waals surface area (Å²) in [6.07, 6.45) is -0.574. The molecule has 0 fully saturated rings. The summed E-state index contributed by atoms with van der Waals surface area (Å²) < 4.78 is 31.7. The van der Waals surface area contributed by atoms with Gasteiger partial charge in [0.15, 0.2) is 0 Å². The van der Waals surface area contributed by atoms with Gasteiger partial charge in [0.25, 0.3) is 0 Å². The van der Waals surface area contributed by atoms with Gasteiger partial charge in [-0.25, -0.2) is 8.42 Å². The van der Waals surface area contributed by atoms with Gasteiger partial charge in [-0.3, -0.25) is 4.79 Å². The fourth-order valence-electron chi connectivity index (χ4n) is 2.06. The number of hydrogen-bond donors (Lipinski definition) is 1. The molecule has 0 saturated carbocycles. The first-order chi connectivity index (χ1) is 11.3. The van der Waals surface area contributed by atoms with Crippen molar-refractivity contribution in [3.8, 4) is 0 Å². The molecule has 0 radical (unpaired) electrons. The second kappa shape index (κ2) is 7.79. The number of aryl methyl sites for hydroxylation is 1. The normalized spacial score (nSPS) is 12.6. The molecule has 1 atom stereocenters. The Morgan fingerprint density at radius 3 is 2.42 bits per heavy atom. The van der Waals surface area contributed by atoms with Crippen molar-refractivity contribution in [2.75, 3.05) is 6.54 Å². The summed E-state index contributed by atoms with van der Waals surface area (Å²) in [5.74, 6) is -0.682. The van der Waals surface area contributed by atoms with Crippen LogP contribution in [0.5, 0.6) is 0 Å². The Kier molecular flexibility index (Phi) is 5.99. The highest BCUT2D eigenvalue weighted by atomic mass is 35.5. The smallest absolute Gasteiger partial charge is 0.321 e. The van der Waals surface area contributed by atoms with E-state index in [9.17, 15) is 13.2 Å². The van der Waals surface area contributed by atoms with Crippen molar-refractivity contribution in [3.63, 3.8) is 0 Å². The maximum atomic E-state index is 12.1. The van der Waals surface area contributed by atoms with Crippen LogP contribution >= 0.6 is 11.6 Å². The predicted octanol–water partition coefficient (Wildman–Crippen LogP) is 3.23. The van der Waals surface area contributed by atoms with Crippen molar-refractivity contribution in [3.05, 3.63) is 64.7 Å². The second-order valence-electron chi connectivity index (χ2n) is 5.29. The molecule has 2 aromatic rings. The van der Waals surface area contributed by atoms with Gasteiger partial charge in [-0.2, -0.15) is 4.72 Å². The average molecular weight is 368 g/mol. The number of rotatable bonds is 6. The first-order valence-corrected chi connectivity index (χ1v) is 9.16. The third-order valence-electron chi connectivity index (χ3n) is 3.39. The van der Waals surface area contributed by atoms with Crippen LogP contribution in [0.25, 0.3) is 0 Å². The highest BCUT2D eigenvalue weighted by Crippen LogP contribution is 2.24. The molecule has 2 rings (SSSR count). The zero-order valence-corrected chi connectivity index (χ0v) is 14.9. The van der Waals surface area contributed by atoms with E-state index in [0.717, 1.165) is 5.56 Å². The number of carbonyl (C=O) groups is 1. The number of hydrogen-bond acceptors (Lipinski definition) is 4. The van der Waals surface area contributed by atoms with Crippen LogP contribution in [0.1, 0.15) is 24.2 Å². The number of ether oxygens (including phenoxy) is 1. The maximum absolute atomic E-state index is 12.1. The Labute approximate surface area is 146 Å². The molecule has 0 aliphatic carbocycles. The minimum Gasteiger partial charge on any atom is -0.457 e. The van der Waals surface area contributed by atoms with E-state index >= 15 is 0 Å². The molecule has 128 valence electrons. The molecule has 0 aromatic heterocycles. The van der Waals surface area contributed by atoms with E-state index < -0.39 is 28.6 Å². The number of carbonyl (C=O) groups excluding carboxylic acids is 1. The summed E-state index contributed by atoms with van der Waals surface area (Å²) >= 11 is 6.04. The SMILES string of the molecule is Cc1ccc(S(=O)(=O)NCC(=O)O[C@@H](C)c2ccccc2Cl)cc1. The topological polar surface area (TPSA) is 72.5 Å². The third kappa shape index (κ3) is 4.80. The van der Waals surface area contributed by atoms with Gasteiger partial charge >= 0.3 is 5.97 Å². The summed E-state index contributed by atoms with van der Waals surface area (Å²) in [6, 6.07) is 13.3. The molecule has 0 heterocycles. The molecule has 0 spiro atoms. The van der Waals surface area contributed by atoms with Crippen LogP contribution < -0.4 is 4.72 Å². The number of sulfonamides is 1. The molecule has 0 amide bonds. The largest absolute Gasteiger partial charge is 0.457 e. The van der Waals surface area contributed by atoms with Crippen molar-refractivity contribution >= 4 is 27.6 Å². The monoisotopic (exact) mass is 367 g/mol.